The van der Waals surface area contributed by atoms with Gasteiger partial charge in [-0.3, -0.25) is 4.79 Å². The average Bonchev–Trinajstić information content (AvgIpc) is 3.18. The summed E-state index contributed by atoms with van der Waals surface area (Å²) >= 11 is 0. The van der Waals surface area contributed by atoms with Gasteiger partial charge in [-0.1, -0.05) is 18.2 Å². The zero-order chi connectivity index (χ0) is 41.1. The summed E-state index contributed by atoms with van der Waals surface area (Å²) in [5.74, 6) is -1.83. The minimum Gasteiger partial charge on any atom is -0.480 e. The van der Waals surface area contributed by atoms with Crippen molar-refractivity contribution in [2.24, 2.45) is 5.92 Å². The fourth-order valence-corrected chi connectivity index (χ4v) is 2.05. The first-order chi connectivity index (χ1) is 23.8. The molecule has 0 aromatic heterocycles. The number of hydrogen-bond acceptors (Lipinski definition) is 21. The molecular weight excluding hydrogens is 704 g/mol. The predicted molar refractivity (Wildman–Crippen MR) is 169 cm³/mol. The summed E-state index contributed by atoms with van der Waals surface area (Å²) in [5.41, 5.74) is 8.50. The Morgan fingerprint density at radius 1 is 0.471 bits per heavy atom. The Bertz CT molecular complexity index is 762. The Morgan fingerprint density at radius 2 is 0.667 bits per heavy atom. The van der Waals surface area contributed by atoms with E-state index in [1.165, 1.54) is 12.2 Å². The van der Waals surface area contributed by atoms with Gasteiger partial charge in [0.15, 0.2) is 5.92 Å². The van der Waals surface area contributed by atoms with Crippen molar-refractivity contribution in [3.05, 3.63) is 29.8 Å². The van der Waals surface area contributed by atoms with Crippen molar-refractivity contribution in [1.82, 2.24) is 0 Å². The van der Waals surface area contributed by atoms with Crippen molar-refractivity contribution in [3.8, 4) is 0 Å². The van der Waals surface area contributed by atoms with Gasteiger partial charge < -0.3 is 113 Å². The van der Waals surface area contributed by atoms with Crippen LogP contribution >= 0.6 is 0 Å². The van der Waals surface area contributed by atoms with Gasteiger partial charge in [-0.15, -0.1) is 0 Å². The molecule has 0 amide bonds. The smallest absolute Gasteiger partial charge is 0.322 e. The number of aliphatic carboxylic acids is 1. The zero-order valence-electron chi connectivity index (χ0n) is 27.4. The number of carboxylic acids is 1. The highest BCUT2D eigenvalue weighted by molar-refractivity contribution is 6.07. The van der Waals surface area contributed by atoms with Gasteiger partial charge in [0.2, 0.25) is 0 Å². The molecule has 21 N–H and O–H groups in total. The van der Waals surface area contributed by atoms with E-state index in [0.29, 0.717) is 0 Å². The summed E-state index contributed by atoms with van der Waals surface area (Å²) in [6.45, 7) is -5.26. The largest absolute Gasteiger partial charge is 0.480 e. The molecule has 51 heavy (non-hydrogen) atoms. The Kier molecular flexibility index (Phi) is 44.0. The van der Waals surface area contributed by atoms with Crippen LogP contribution in [0.2, 0.25) is 0 Å². The number of carboxylic acid groups (broad SMARTS) is 1. The highest BCUT2D eigenvalue weighted by Crippen LogP contribution is 2.07. The van der Waals surface area contributed by atoms with Crippen molar-refractivity contribution in [3.63, 3.8) is 0 Å². The molecule has 0 fully saturated rings. The maximum absolute atomic E-state index is 10.4. The van der Waals surface area contributed by atoms with Gasteiger partial charge in [0, 0.05) is 6.08 Å². The van der Waals surface area contributed by atoms with Crippen LogP contribution in [0.4, 0.5) is 0 Å². The second-order valence-corrected chi connectivity index (χ2v) is 9.58. The summed E-state index contributed by atoms with van der Waals surface area (Å²) in [6, 6.07) is 0. The van der Waals surface area contributed by atoms with E-state index in [9.17, 15) is 4.79 Å². The topological polar surface area (TPSA) is 478 Å². The monoisotopic (exact) mass is 760 g/mol. The fourth-order valence-electron chi connectivity index (χ4n) is 2.05. The van der Waals surface area contributed by atoms with Gasteiger partial charge in [-0.05, 0) is 0 Å². The molecule has 306 valence electrons. The van der Waals surface area contributed by atoms with Crippen molar-refractivity contribution in [2.75, 3.05) is 66.1 Å². The highest BCUT2D eigenvalue weighted by Gasteiger charge is 2.27. The maximum Gasteiger partial charge on any atom is 0.322 e. The van der Waals surface area contributed by atoms with Crippen molar-refractivity contribution in [2.45, 2.75) is 61.0 Å². The molecule has 24 heteroatoms. The number of aliphatic hydroxyl groups excluding tert-OH is 20. The van der Waals surface area contributed by atoms with Gasteiger partial charge >= 0.3 is 11.7 Å². The molecule has 1 rings (SSSR count). The summed E-state index contributed by atoms with van der Waals surface area (Å²) in [7, 11) is 0. The van der Waals surface area contributed by atoms with Gasteiger partial charge in [-0.2, -0.15) is 4.79 Å². The number of aliphatic hydroxyl groups is 20. The Balaban J connectivity index is -0.000000167. The summed E-state index contributed by atoms with van der Waals surface area (Å²) in [4.78, 5) is 13.3. The number of carbonyl (C=O) groups is 1. The number of allylic oxidation sites excluding steroid dienone is 3. The van der Waals surface area contributed by atoms with E-state index in [0.717, 1.165) is 0 Å². The van der Waals surface area contributed by atoms with Crippen LogP contribution in [0.15, 0.2) is 24.3 Å². The minimum absolute atomic E-state index is 0.153. The molecule has 0 aromatic rings. The van der Waals surface area contributed by atoms with Crippen LogP contribution in [0, 0.1) is 5.92 Å². The molecule has 0 spiro atoms. The number of rotatable bonds is 16. The normalized spacial score (nSPS) is 18.7. The molecule has 24 nitrogen and oxygen atoms in total. The van der Waals surface area contributed by atoms with Crippen LogP contribution in [0.3, 0.4) is 0 Å². The van der Waals surface area contributed by atoms with Crippen LogP contribution < -0.4 is 0 Å². The number of hydrogen-bond donors (Lipinski definition) is 21. The Morgan fingerprint density at radius 3 is 0.784 bits per heavy atom. The van der Waals surface area contributed by atoms with E-state index >= 15 is 0 Å². The Labute approximate surface area is 291 Å². The van der Waals surface area contributed by atoms with E-state index in [1.54, 1.807) is 12.2 Å². The standard InChI is InChI=1S/C7H6N2O2.5C4H10O4/c8-9-6-4-2-1-3-5(6)7(10)11;5*5-1-3(7)4(8)2-6/h1-5H,(H,10,11);5*3-8H,1-2H2/t;5*3-,4+. The lowest BCUT2D eigenvalue weighted by atomic mass is 9.99. The minimum atomic E-state index is -1.22. The molecule has 1 aliphatic carbocycles. The van der Waals surface area contributed by atoms with Crippen molar-refractivity contribution < 1.29 is 117 Å². The second-order valence-electron chi connectivity index (χ2n) is 9.58. The molecule has 0 saturated heterocycles. The predicted octanol–water partition coefficient (Wildman–Crippen LogP) is -11.1. The molecule has 0 saturated carbocycles. The van der Waals surface area contributed by atoms with E-state index in [4.69, 9.17) is 113 Å². The number of nitrogens with zero attached hydrogens (tertiary/aromatic N) is 2. The van der Waals surface area contributed by atoms with Crippen LogP contribution in [-0.2, 0) is 4.79 Å². The first kappa shape index (κ1) is 57.9. The summed E-state index contributed by atoms with van der Waals surface area (Å²) in [5, 5.41) is 174. The van der Waals surface area contributed by atoms with Crippen LogP contribution in [0.5, 0.6) is 0 Å². The van der Waals surface area contributed by atoms with E-state index in [2.05, 4.69) is 4.79 Å². The van der Waals surface area contributed by atoms with E-state index < -0.39 is 139 Å². The van der Waals surface area contributed by atoms with Crippen LogP contribution in [0.25, 0.3) is 5.53 Å². The molecule has 1 aliphatic rings. The third-order valence-corrected chi connectivity index (χ3v) is 5.47. The molecule has 0 bridgehead atoms. The molecule has 11 atom stereocenters. The molecule has 0 radical (unpaired) electrons. The molecule has 0 aliphatic heterocycles. The quantitative estimate of drug-likeness (QED) is 0.0513. The third kappa shape index (κ3) is 33.1. The van der Waals surface area contributed by atoms with Crippen LogP contribution in [0.1, 0.15) is 0 Å². The fraction of sp³-hybridized carbons (Fsp3) is 0.778. The lowest BCUT2D eigenvalue weighted by Gasteiger charge is -2.10. The maximum atomic E-state index is 10.4. The molecule has 0 heterocycles. The van der Waals surface area contributed by atoms with Crippen LogP contribution in [-0.4, -0.2) is 251 Å². The first-order valence-electron chi connectivity index (χ1n) is 14.5. The lowest BCUT2D eigenvalue weighted by molar-refractivity contribution is -0.139. The molecule has 1 unspecified atom stereocenters. The second kappa shape index (κ2) is 38.8. The van der Waals surface area contributed by atoms with E-state index in [-0.39, 0.29) is 5.71 Å². The summed E-state index contributed by atoms with van der Waals surface area (Å²) in [6.07, 6.45) is -6.09. The lowest BCUT2D eigenvalue weighted by Crippen LogP contribution is -2.31. The van der Waals surface area contributed by atoms with Crippen molar-refractivity contribution >= 4 is 11.7 Å². The third-order valence-electron chi connectivity index (χ3n) is 5.47. The van der Waals surface area contributed by atoms with Crippen molar-refractivity contribution in [1.29, 1.82) is 0 Å². The van der Waals surface area contributed by atoms with Gasteiger partial charge in [0.1, 0.15) is 61.0 Å². The summed E-state index contributed by atoms with van der Waals surface area (Å²) < 4.78 is 0. The van der Waals surface area contributed by atoms with E-state index in [1.807, 2.05) is 0 Å². The van der Waals surface area contributed by atoms with Gasteiger partial charge in [0.25, 0.3) is 0 Å². The Hall–Kier alpha value is -2.47. The highest BCUT2D eigenvalue weighted by atomic mass is 16.4. The SMILES string of the molecule is OC[C@@H](O)[C@@H](O)CO.OC[C@@H](O)[C@@H](O)CO.OC[C@@H](O)[C@@H](O)CO.OC[C@@H](O)[C@@H](O)CO.OC[C@@H](O)[C@@H](O)CO.[N-]=[N+]=C1C=CC=CC1C(=O)O. The molecular formula is C27H56N2O22. The average molecular weight is 761 g/mol. The van der Waals surface area contributed by atoms with Gasteiger partial charge in [0.05, 0.1) is 66.1 Å². The zero-order valence-corrected chi connectivity index (χ0v) is 27.4. The molecule has 0 aromatic carbocycles. The van der Waals surface area contributed by atoms with Gasteiger partial charge in [-0.25, -0.2) is 0 Å². The first-order valence-corrected chi connectivity index (χ1v) is 14.5.